The van der Waals surface area contributed by atoms with Gasteiger partial charge in [-0.15, -0.1) is 0 Å². The van der Waals surface area contributed by atoms with Gasteiger partial charge in [-0.1, -0.05) is 36.0 Å². The highest BCUT2D eigenvalue weighted by molar-refractivity contribution is 6.33. The average molecular weight is 245 g/mol. The first-order valence-corrected chi connectivity index (χ1v) is 6.01. The van der Waals surface area contributed by atoms with Gasteiger partial charge < -0.3 is 5.11 Å². The molecule has 1 aromatic rings. The van der Waals surface area contributed by atoms with E-state index in [0.29, 0.717) is 16.5 Å². The molecule has 3 heteroatoms. The maximum Gasteiger partial charge on any atom is 0.0688 e. The second-order valence-electron chi connectivity index (χ2n) is 4.34. The smallest absolute Gasteiger partial charge is 0.0688 e. The van der Waals surface area contributed by atoms with Crippen molar-refractivity contribution in [1.82, 2.24) is 0 Å². The molecule has 1 N–H and O–H groups in total. The molecule has 0 aliphatic heterocycles. The van der Waals surface area contributed by atoms with Gasteiger partial charge in [0.15, 0.2) is 0 Å². The number of rotatable bonds is 2. The normalized spacial score (nSPS) is 19.4. The Balaban J connectivity index is 2.19. The molecule has 2 rings (SSSR count). The SMILES string of the molecule is OC1(Cc2cc(Cl)ccc2Cl)CCCC1. The summed E-state index contributed by atoms with van der Waals surface area (Å²) in [4.78, 5) is 0. The minimum Gasteiger partial charge on any atom is -0.390 e. The van der Waals surface area contributed by atoms with Gasteiger partial charge in [-0.05, 0) is 36.6 Å². The van der Waals surface area contributed by atoms with Crippen LogP contribution in [0.2, 0.25) is 10.0 Å². The first-order valence-electron chi connectivity index (χ1n) is 5.25. The Bertz CT molecular complexity index is 357. The molecule has 82 valence electrons. The first-order chi connectivity index (χ1) is 7.09. The van der Waals surface area contributed by atoms with Crippen LogP contribution in [-0.4, -0.2) is 10.7 Å². The van der Waals surface area contributed by atoms with Crippen LogP contribution in [0.1, 0.15) is 31.2 Å². The van der Waals surface area contributed by atoms with Crippen LogP contribution >= 0.6 is 23.2 Å². The highest BCUT2D eigenvalue weighted by Crippen LogP contribution is 2.34. The fourth-order valence-electron chi connectivity index (χ4n) is 2.24. The van der Waals surface area contributed by atoms with Crippen LogP contribution in [0.4, 0.5) is 0 Å². The Kier molecular flexibility index (Phi) is 3.24. The van der Waals surface area contributed by atoms with E-state index in [4.69, 9.17) is 23.2 Å². The summed E-state index contributed by atoms with van der Waals surface area (Å²) < 4.78 is 0. The van der Waals surface area contributed by atoms with E-state index in [2.05, 4.69) is 0 Å². The second kappa shape index (κ2) is 4.32. The summed E-state index contributed by atoms with van der Waals surface area (Å²) >= 11 is 12.0. The van der Waals surface area contributed by atoms with Crippen LogP contribution < -0.4 is 0 Å². The summed E-state index contributed by atoms with van der Waals surface area (Å²) in [7, 11) is 0. The van der Waals surface area contributed by atoms with Crippen molar-refractivity contribution in [1.29, 1.82) is 0 Å². The van der Waals surface area contributed by atoms with Crippen LogP contribution in [0.15, 0.2) is 18.2 Å². The van der Waals surface area contributed by atoms with Crippen LogP contribution in [-0.2, 0) is 6.42 Å². The Morgan fingerprint density at radius 3 is 2.53 bits per heavy atom. The molecule has 1 saturated carbocycles. The van der Waals surface area contributed by atoms with E-state index in [-0.39, 0.29) is 0 Å². The van der Waals surface area contributed by atoms with Gasteiger partial charge in [-0.25, -0.2) is 0 Å². The van der Waals surface area contributed by atoms with E-state index < -0.39 is 5.60 Å². The van der Waals surface area contributed by atoms with E-state index in [1.54, 1.807) is 12.1 Å². The molecule has 0 atom stereocenters. The van der Waals surface area contributed by atoms with Gasteiger partial charge in [0.05, 0.1) is 5.60 Å². The fraction of sp³-hybridized carbons (Fsp3) is 0.500. The molecular weight excluding hydrogens is 231 g/mol. The van der Waals surface area contributed by atoms with Crippen LogP contribution in [0.3, 0.4) is 0 Å². The molecule has 1 fully saturated rings. The van der Waals surface area contributed by atoms with Gasteiger partial charge in [0.2, 0.25) is 0 Å². The molecule has 0 unspecified atom stereocenters. The minimum absolute atomic E-state index is 0.561. The van der Waals surface area contributed by atoms with Crippen LogP contribution in [0, 0.1) is 0 Å². The predicted octanol–water partition coefficient (Wildman–Crippen LogP) is 3.84. The van der Waals surface area contributed by atoms with Gasteiger partial charge in [-0.2, -0.15) is 0 Å². The molecule has 1 aliphatic carbocycles. The fourth-order valence-corrected chi connectivity index (χ4v) is 2.62. The van der Waals surface area contributed by atoms with E-state index >= 15 is 0 Å². The standard InChI is InChI=1S/C12H14Cl2O/c13-10-3-4-11(14)9(7-10)8-12(15)5-1-2-6-12/h3-4,7,15H,1-2,5-6,8H2. The highest BCUT2D eigenvalue weighted by atomic mass is 35.5. The largest absolute Gasteiger partial charge is 0.390 e. The minimum atomic E-state index is -0.561. The molecule has 1 nitrogen and oxygen atoms in total. The van der Waals surface area contributed by atoms with Crippen LogP contribution in [0.25, 0.3) is 0 Å². The zero-order valence-corrected chi connectivity index (χ0v) is 9.98. The third-order valence-electron chi connectivity index (χ3n) is 3.06. The molecule has 1 aliphatic rings. The van der Waals surface area contributed by atoms with Crippen molar-refractivity contribution < 1.29 is 5.11 Å². The topological polar surface area (TPSA) is 20.2 Å². The quantitative estimate of drug-likeness (QED) is 0.839. The molecule has 1 aromatic carbocycles. The summed E-state index contributed by atoms with van der Waals surface area (Å²) in [6.45, 7) is 0. The monoisotopic (exact) mass is 244 g/mol. The van der Waals surface area contributed by atoms with E-state index in [1.165, 1.54) is 0 Å². The summed E-state index contributed by atoms with van der Waals surface area (Å²) in [6.07, 6.45) is 4.57. The molecule has 0 amide bonds. The molecule has 0 aromatic heterocycles. The van der Waals surface area contributed by atoms with Crippen molar-refractivity contribution >= 4 is 23.2 Å². The van der Waals surface area contributed by atoms with Gasteiger partial charge >= 0.3 is 0 Å². The van der Waals surface area contributed by atoms with Crippen LogP contribution in [0.5, 0.6) is 0 Å². The molecule has 0 saturated heterocycles. The molecule has 0 spiro atoms. The molecule has 0 bridgehead atoms. The lowest BCUT2D eigenvalue weighted by molar-refractivity contribution is 0.0482. The summed E-state index contributed by atoms with van der Waals surface area (Å²) in [5.41, 5.74) is 0.391. The zero-order valence-electron chi connectivity index (χ0n) is 8.47. The number of halogens is 2. The average Bonchev–Trinajstić information content (AvgIpc) is 2.59. The first kappa shape index (κ1) is 11.3. The third kappa shape index (κ3) is 2.66. The molecule has 15 heavy (non-hydrogen) atoms. The number of aliphatic hydroxyl groups is 1. The van der Waals surface area contributed by atoms with E-state index in [0.717, 1.165) is 31.2 Å². The van der Waals surface area contributed by atoms with Crippen molar-refractivity contribution in [2.24, 2.45) is 0 Å². The maximum absolute atomic E-state index is 10.3. The van der Waals surface area contributed by atoms with Crippen molar-refractivity contribution in [2.45, 2.75) is 37.7 Å². The lowest BCUT2D eigenvalue weighted by Crippen LogP contribution is -2.27. The van der Waals surface area contributed by atoms with Gasteiger partial charge in [0.25, 0.3) is 0 Å². The number of hydrogen-bond donors (Lipinski definition) is 1. The zero-order chi connectivity index (χ0) is 10.9. The second-order valence-corrected chi connectivity index (χ2v) is 5.19. The third-order valence-corrected chi connectivity index (χ3v) is 3.67. The summed E-state index contributed by atoms with van der Waals surface area (Å²) in [5.74, 6) is 0. The van der Waals surface area contributed by atoms with E-state index in [1.807, 2.05) is 6.07 Å². The molecule has 0 radical (unpaired) electrons. The van der Waals surface area contributed by atoms with Gasteiger partial charge in [0.1, 0.15) is 0 Å². The highest BCUT2D eigenvalue weighted by Gasteiger charge is 2.31. The number of benzene rings is 1. The predicted molar refractivity (Wildman–Crippen MR) is 63.6 cm³/mol. The Labute approximate surface area is 100 Å². The van der Waals surface area contributed by atoms with Gasteiger partial charge in [-0.3, -0.25) is 0 Å². The van der Waals surface area contributed by atoms with Crippen molar-refractivity contribution in [2.75, 3.05) is 0 Å². The lowest BCUT2D eigenvalue weighted by Gasteiger charge is -2.22. The summed E-state index contributed by atoms with van der Waals surface area (Å²) in [6, 6.07) is 5.41. The van der Waals surface area contributed by atoms with Crippen molar-refractivity contribution in [3.8, 4) is 0 Å². The Morgan fingerprint density at radius 1 is 1.20 bits per heavy atom. The Hall–Kier alpha value is -0.240. The lowest BCUT2D eigenvalue weighted by atomic mass is 9.93. The van der Waals surface area contributed by atoms with Crippen molar-refractivity contribution in [3.05, 3.63) is 33.8 Å². The van der Waals surface area contributed by atoms with E-state index in [9.17, 15) is 5.11 Å². The number of hydrogen-bond acceptors (Lipinski definition) is 1. The summed E-state index contributed by atoms with van der Waals surface area (Å²) in [5, 5.41) is 11.6. The van der Waals surface area contributed by atoms with Gasteiger partial charge in [0, 0.05) is 16.5 Å². The molecule has 0 heterocycles. The maximum atomic E-state index is 10.3. The Morgan fingerprint density at radius 2 is 1.87 bits per heavy atom. The molecular formula is C12H14Cl2O. The van der Waals surface area contributed by atoms with Crippen molar-refractivity contribution in [3.63, 3.8) is 0 Å².